The van der Waals surface area contributed by atoms with Crippen LogP contribution in [0.4, 0.5) is 5.95 Å². The Kier molecular flexibility index (Phi) is 5.03. The number of nitrogens with one attached hydrogen (secondary N) is 1. The lowest BCUT2D eigenvalue weighted by atomic mass is 10.2. The largest absolute Gasteiger partial charge is 0.289 e. The summed E-state index contributed by atoms with van der Waals surface area (Å²) in [6, 6.07) is 1.38. The quantitative estimate of drug-likeness (QED) is 0.874. The van der Waals surface area contributed by atoms with E-state index in [1.165, 1.54) is 12.3 Å². The van der Waals surface area contributed by atoms with Gasteiger partial charge in [0.15, 0.2) is 0 Å². The van der Waals surface area contributed by atoms with Crippen LogP contribution in [-0.2, 0) is 12.8 Å². The van der Waals surface area contributed by atoms with Crippen LogP contribution >= 0.6 is 23.2 Å². The maximum absolute atomic E-state index is 12.2. The summed E-state index contributed by atoms with van der Waals surface area (Å²) < 4.78 is 0. The highest BCUT2D eigenvalue weighted by molar-refractivity contribution is 6.35. The van der Waals surface area contributed by atoms with E-state index in [-0.39, 0.29) is 21.7 Å². The molecule has 2 heterocycles. The van der Waals surface area contributed by atoms with Crippen LogP contribution in [0.1, 0.15) is 35.6 Å². The van der Waals surface area contributed by atoms with Crippen LogP contribution in [0.2, 0.25) is 10.2 Å². The van der Waals surface area contributed by atoms with Crippen LogP contribution in [0.3, 0.4) is 0 Å². The first-order valence-electron chi connectivity index (χ1n) is 6.40. The van der Waals surface area contributed by atoms with Crippen LogP contribution in [0.25, 0.3) is 0 Å². The van der Waals surface area contributed by atoms with Gasteiger partial charge >= 0.3 is 0 Å². The van der Waals surface area contributed by atoms with Gasteiger partial charge in [-0.2, -0.15) is 0 Å². The Morgan fingerprint density at radius 3 is 2.57 bits per heavy atom. The molecule has 0 bridgehead atoms. The van der Waals surface area contributed by atoms with Crippen molar-refractivity contribution in [3.8, 4) is 0 Å². The molecule has 2 rings (SSSR count). The smallest absolute Gasteiger partial charge is 0.259 e. The molecule has 2 aromatic heterocycles. The molecule has 21 heavy (non-hydrogen) atoms. The average Bonchev–Trinajstić information content (AvgIpc) is 2.49. The lowest BCUT2D eigenvalue weighted by Gasteiger charge is -2.08. The van der Waals surface area contributed by atoms with Crippen LogP contribution in [0, 0.1) is 0 Å². The predicted octanol–water partition coefficient (Wildman–Crippen LogP) is 2.95. The van der Waals surface area contributed by atoms with Crippen molar-refractivity contribution in [3.05, 3.63) is 39.4 Å². The Labute approximate surface area is 131 Å². The highest BCUT2D eigenvalue weighted by atomic mass is 35.5. The summed E-state index contributed by atoms with van der Waals surface area (Å²) in [6.07, 6.45) is 2.77. The van der Waals surface area contributed by atoms with Gasteiger partial charge in [0, 0.05) is 6.20 Å². The van der Waals surface area contributed by atoms with Crippen LogP contribution in [0.5, 0.6) is 0 Å². The molecule has 0 aromatic carbocycles. The van der Waals surface area contributed by atoms with Gasteiger partial charge in [0.1, 0.15) is 5.15 Å². The highest BCUT2D eigenvalue weighted by Gasteiger charge is 2.14. The average molecular weight is 326 g/mol. The van der Waals surface area contributed by atoms with E-state index in [1.54, 1.807) is 0 Å². The van der Waals surface area contributed by atoms with Crippen molar-refractivity contribution in [2.24, 2.45) is 0 Å². The predicted molar refractivity (Wildman–Crippen MR) is 80.8 cm³/mol. The summed E-state index contributed by atoms with van der Waals surface area (Å²) in [5.41, 5.74) is 1.83. The summed E-state index contributed by atoms with van der Waals surface area (Å²) in [7, 11) is 0. The van der Waals surface area contributed by atoms with Gasteiger partial charge in [0.05, 0.1) is 22.0 Å². The van der Waals surface area contributed by atoms with Gasteiger partial charge < -0.3 is 0 Å². The molecule has 0 saturated heterocycles. The molecule has 6 nitrogen and oxygen atoms in total. The maximum atomic E-state index is 12.2. The second-order valence-electron chi connectivity index (χ2n) is 4.18. The number of anilines is 1. The molecule has 2 aromatic rings. The minimum Gasteiger partial charge on any atom is -0.289 e. The van der Waals surface area contributed by atoms with E-state index in [0.717, 1.165) is 17.8 Å². The standard InChI is InChI=1S/C13H13Cl2N5O/c1-3-9-10(4-2)19-20-13(17-9)18-12(21)7-5-11(15)16-6-8(7)14/h5-6H,3-4H2,1-2H3,(H,17,18,20,21). The number of carbonyl (C=O) groups excluding carboxylic acids is 1. The fourth-order valence-corrected chi connectivity index (χ4v) is 2.09. The van der Waals surface area contributed by atoms with E-state index in [1.807, 2.05) is 13.8 Å². The molecule has 0 fully saturated rings. The van der Waals surface area contributed by atoms with E-state index in [9.17, 15) is 4.79 Å². The molecule has 1 N–H and O–H groups in total. The van der Waals surface area contributed by atoms with Crippen molar-refractivity contribution in [2.75, 3.05) is 5.32 Å². The zero-order chi connectivity index (χ0) is 15.4. The second-order valence-corrected chi connectivity index (χ2v) is 4.97. The Morgan fingerprint density at radius 2 is 1.90 bits per heavy atom. The SMILES string of the molecule is CCc1nnc(NC(=O)c2cc(Cl)ncc2Cl)nc1CC. The topological polar surface area (TPSA) is 80.7 Å². The lowest BCUT2D eigenvalue weighted by Crippen LogP contribution is -2.17. The molecular formula is C13H13Cl2N5O. The summed E-state index contributed by atoms with van der Waals surface area (Å²) in [5, 5.41) is 10.9. The molecule has 0 aliphatic heterocycles. The molecule has 110 valence electrons. The third-order valence-electron chi connectivity index (χ3n) is 2.80. The molecule has 0 spiro atoms. The van der Waals surface area contributed by atoms with E-state index in [2.05, 4.69) is 25.5 Å². The first-order valence-corrected chi connectivity index (χ1v) is 7.15. The number of carbonyl (C=O) groups is 1. The Morgan fingerprint density at radius 1 is 1.19 bits per heavy atom. The van der Waals surface area contributed by atoms with Gasteiger partial charge in [-0.1, -0.05) is 37.0 Å². The molecule has 1 amide bonds. The Hall–Kier alpha value is -1.79. The number of nitrogens with zero attached hydrogens (tertiary/aromatic N) is 4. The molecule has 0 saturated carbocycles. The van der Waals surface area contributed by atoms with E-state index >= 15 is 0 Å². The maximum Gasteiger partial charge on any atom is 0.259 e. The molecule has 0 atom stereocenters. The highest BCUT2D eigenvalue weighted by Crippen LogP contribution is 2.19. The van der Waals surface area contributed by atoms with Gasteiger partial charge in [-0.05, 0) is 18.9 Å². The Balaban J connectivity index is 2.25. The summed E-state index contributed by atoms with van der Waals surface area (Å²) >= 11 is 11.7. The van der Waals surface area contributed by atoms with Gasteiger partial charge in [0.25, 0.3) is 5.91 Å². The number of hydrogen-bond acceptors (Lipinski definition) is 5. The van der Waals surface area contributed by atoms with Crippen molar-refractivity contribution in [1.29, 1.82) is 0 Å². The van der Waals surface area contributed by atoms with Crippen molar-refractivity contribution < 1.29 is 4.79 Å². The molecular weight excluding hydrogens is 313 g/mol. The minimum atomic E-state index is -0.461. The fraction of sp³-hybridized carbons (Fsp3) is 0.308. The van der Waals surface area contributed by atoms with Gasteiger partial charge in [-0.3, -0.25) is 10.1 Å². The summed E-state index contributed by atoms with van der Waals surface area (Å²) in [4.78, 5) is 20.2. The van der Waals surface area contributed by atoms with Crippen molar-refractivity contribution >= 4 is 35.1 Å². The number of aromatic nitrogens is 4. The zero-order valence-electron chi connectivity index (χ0n) is 11.5. The van der Waals surface area contributed by atoms with Crippen LogP contribution in [-0.4, -0.2) is 26.1 Å². The van der Waals surface area contributed by atoms with E-state index < -0.39 is 5.91 Å². The first kappa shape index (κ1) is 15.6. The number of aryl methyl sites for hydroxylation is 2. The zero-order valence-corrected chi connectivity index (χ0v) is 13.0. The summed E-state index contributed by atoms with van der Waals surface area (Å²) in [6.45, 7) is 3.94. The first-order chi connectivity index (χ1) is 10.0. The van der Waals surface area contributed by atoms with Crippen LogP contribution in [0.15, 0.2) is 12.3 Å². The third kappa shape index (κ3) is 3.65. The van der Waals surface area contributed by atoms with E-state index in [0.29, 0.717) is 6.42 Å². The number of amides is 1. The molecule has 8 heteroatoms. The van der Waals surface area contributed by atoms with Crippen molar-refractivity contribution in [3.63, 3.8) is 0 Å². The van der Waals surface area contributed by atoms with Gasteiger partial charge in [0.2, 0.25) is 5.95 Å². The monoisotopic (exact) mass is 325 g/mol. The molecule has 0 aliphatic carbocycles. The van der Waals surface area contributed by atoms with Crippen LogP contribution < -0.4 is 5.32 Å². The summed E-state index contributed by atoms with van der Waals surface area (Å²) in [5.74, 6) is -0.324. The third-order valence-corrected chi connectivity index (χ3v) is 3.31. The van der Waals surface area contributed by atoms with E-state index in [4.69, 9.17) is 23.2 Å². The fourth-order valence-electron chi connectivity index (χ4n) is 1.75. The normalized spacial score (nSPS) is 10.5. The minimum absolute atomic E-state index is 0.137. The second kappa shape index (κ2) is 6.78. The van der Waals surface area contributed by atoms with Crippen molar-refractivity contribution in [2.45, 2.75) is 26.7 Å². The Bertz CT molecular complexity index is 678. The van der Waals surface area contributed by atoms with Crippen molar-refractivity contribution in [1.82, 2.24) is 20.2 Å². The number of halogens is 2. The lowest BCUT2D eigenvalue weighted by molar-refractivity contribution is 0.102. The molecule has 0 radical (unpaired) electrons. The molecule has 0 aliphatic rings. The number of hydrogen-bond donors (Lipinski definition) is 1. The van der Waals surface area contributed by atoms with Gasteiger partial charge in [-0.25, -0.2) is 9.97 Å². The van der Waals surface area contributed by atoms with Gasteiger partial charge in [-0.15, -0.1) is 10.2 Å². The number of rotatable bonds is 4. The number of pyridine rings is 1. The molecule has 0 unspecified atom stereocenters.